The van der Waals surface area contributed by atoms with Gasteiger partial charge in [0.25, 0.3) is 5.56 Å². The third-order valence-electron chi connectivity index (χ3n) is 6.21. The molecule has 2 fully saturated rings. The largest absolute Gasteiger partial charge is 0.380 e. The number of aromatic nitrogens is 2. The quantitative estimate of drug-likeness (QED) is 0.789. The van der Waals surface area contributed by atoms with E-state index in [4.69, 9.17) is 4.74 Å². The minimum Gasteiger partial charge on any atom is -0.380 e. The van der Waals surface area contributed by atoms with Crippen LogP contribution in [0.1, 0.15) is 36.9 Å². The Bertz CT molecular complexity index is 644. The standard InChI is InChI=1S/C20H32N4O2/c25-20-15-18-3-1-4-19(18)21-24(20)16-17-5-8-23(9-6-17)11-10-22-7-2-13-26-14-12-22/h15,17H,1-14,16H2. The van der Waals surface area contributed by atoms with E-state index in [1.54, 1.807) is 4.68 Å². The Morgan fingerprint density at radius 2 is 1.81 bits per heavy atom. The zero-order valence-electron chi connectivity index (χ0n) is 15.9. The van der Waals surface area contributed by atoms with Gasteiger partial charge in [-0.15, -0.1) is 0 Å². The number of likely N-dealkylation sites (tertiary alicyclic amines) is 1. The van der Waals surface area contributed by atoms with Gasteiger partial charge in [0.2, 0.25) is 0 Å². The minimum atomic E-state index is 0.0939. The molecular formula is C20H32N4O2. The molecule has 1 aromatic rings. The molecule has 2 aliphatic heterocycles. The summed E-state index contributed by atoms with van der Waals surface area (Å²) in [5.74, 6) is 0.586. The van der Waals surface area contributed by atoms with Crippen molar-refractivity contribution in [3.05, 3.63) is 27.7 Å². The predicted molar refractivity (Wildman–Crippen MR) is 102 cm³/mol. The number of nitrogens with zero attached hydrogens (tertiary/aromatic N) is 4. The number of ether oxygens (including phenoxy) is 1. The highest BCUT2D eigenvalue weighted by Crippen LogP contribution is 2.20. The first-order chi connectivity index (χ1) is 12.8. The van der Waals surface area contributed by atoms with E-state index in [1.807, 2.05) is 6.07 Å². The molecule has 0 atom stereocenters. The van der Waals surface area contributed by atoms with Crippen molar-refractivity contribution in [3.63, 3.8) is 0 Å². The van der Waals surface area contributed by atoms with Gasteiger partial charge in [0.1, 0.15) is 0 Å². The van der Waals surface area contributed by atoms with Crippen molar-refractivity contribution >= 4 is 0 Å². The van der Waals surface area contributed by atoms with Crippen LogP contribution in [0.2, 0.25) is 0 Å². The third-order valence-corrected chi connectivity index (χ3v) is 6.21. The lowest BCUT2D eigenvalue weighted by Gasteiger charge is -2.33. The molecule has 6 heteroatoms. The van der Waals surface area contributed by atoms with Crippen LogP contribution in [-0.2, 0) is 24.1 Å². The maximum atomic E-state index is 12.3. The second-order valence-corrected chi connectivity index (χ2v) is 8.08. The smallest absolute Gasteiger partial charge is 0.267 e. The van der Waals surface area contributed by atoms with Crippen molar-refractivity contribution in [2.75, 3.05) is 52.5 Å². The van der Waals surface area contributed by atoms with Gasteiger partial charge in [0.05, 0.1) is 12.3 Å². The molecule has 4 rings (SSSR count). The van der Waals surface area contributed by atoms with Gasteiger partial charge in [-0.05, 0) is 63.1 Å². The van der Waals surface area contributed by atoms with Crippen LogP contribution in [0.5, 0.6) is 0 Å². The Morgan fingerprint density at radius 3 is 2.65 bits per heavy atom. The van der Waals surface area contributed by atoms with Crippen molar-refractivity contribution in [2.45, 2.75) is 45.1 Å². The topological polar surface area (TPSA) is 50.6 Å². The van der Waals surface area contributed by atoms with E-state index in [0.717, 1.165) is 83.9 Å². The molecule has 1 aromatic heterocycles. The molecule has 26 heavy (non-hydrogen) atoms. The number of hydrogen-bond acceptors (Lipinski definition) is 5. The van der Waals surface area contributed by atoms with E-state index in [1.165, 1.54) is 24.9 Å². The molecule has 2 saturated heterocycles. The number of piperidine rings is 1. The molecule has 3 aliphatic rings. The highest BCUT2D eigenvalue weighted by atomic mass is 16.5. The lowest BCUT2D eigenvalue weighted by Crippen LogP contribution is -2.41. The zero-order valence-corrected chi connectivity index (χ0v) is 15.9. The van der Waals surface area contributed by atoms with Gasteiger partial charge in [-0.25, -0.2) is 4.68 Å². The molecule has 0 unspecified atom stereocenters. The van der Waals surface area contributed by atoms with Gasteiger partial charge in [-0.1, -0.05) is 0 Å². The van der Waals surface area contributed by atoms with Crippen LogP contribution in [0.15, 0.2) is 10.9 Å². The van der Waals surface area contributed by atoms with E-state index in [9.17, 15) is 4.79 Å². The number of aryl methyl sites for hydroxylation is 2. The van der Waals surface area contributed by atoms with E-state index < -0.39 is 0 Å². The van der Waals surface area contributed by atoms with Crippen LogP contribution < -0.4 is 5.56 Å². The van der Waals surface area contributed by atoms with Crippen molar-refractivity contribution in [1.82, 2.24) is 19.6 Å². The lowest BCUT2D eigenvalue weighted by atomic mass is 9.97. The summed E-state index contributed by atoms with van der Waals surface area (Å²) in [5, 5.41) is 4.64. The van der Waals surface area contributed by atoms with Crippen LogP contribution in [-0.4, -0.2) is 72.1 Å². The Balaban J connectivity index is 1.23. The summed E-state index contributed by atoms with van der Waals surface area (Å²) >= 11 is 0. The Kier molecular flexibility index (Phi) is 6.02. The molecule has 0 radical (unpaired) electrons. The van der Waals surface area contributed by atoms with Gasteiger partial charge < -0.3 is 9.64 Å². The first-order valence-corrected chi connectivity index (χ1v) is 10.4. The summed E-state index contributed by atoms with van der Waals surface area (Å²) in [4.78, 5) is 17.4. The van der Waals surface area contributed by atoms with Crippen molar-refractivity contribution in [2.24, 2.45) is 5.92 Å². The van der Waals surface area contributed by atoms with Crippen molar-refractivity contribution < 1.29 is 4.74 Å². The summed E-state index contributed by atoms with van der Waals surface area (Å²) in [6, 6.07) is 1.83. The molecule has 6 nitrogen and oxygen atoms in total. The normalized spacial score (nSPS) is 23.1. The van der Waals surface area contributed by atoms with Gasteiger partial charge in [0, 0.05) is 45.4 Å². The first kappa shape index (κ1) is 18.1. The second-order valence-electron chi connectivity index (χ2n) is 8.08. The molecule has 0 amide bonds. The summed E-state index contributed by atoms with van der Waals surface area (Å²) < 4.78 is 7.27. The fourth-order valence-electron chi connectivity index (χ4n) is 4.51. The lowest BCUT2D eigenvalue weighted by molar-refractivity contribution is 0.129. The SMILES string of the molecule is O=c1cc2c(nn1CC1CCN(CCN3CCCOCC3)CC1)CCC2. The molecule has 144 valence electrons. The van der Waals surface area contributed by atoms with Crippen LogP contribution >= 0.6 is 0 Å². The Labute approximate surface area is 156 Å². The molecule has 3 heterocycles. The van der Waals surface area contributed by atoms with E-state index in [0.29, 0.717) is 5.92 Å². The van der Waals surface area contributed by atoms with Crippen LogP contribution in [0.4, 0.5) is 0 Å². The second kappa shape index (κ2) is 8.63. The minimum absolute atomic E-state index is 0.0939. The maximum absolute atomic E-state index is 12.3. The van der Waals surface area contributed by atoms with Crippen molar-refractivity contribution in [3.8, 4) is 0 Å². The summed E-state index contributed by atoms with van der Waals surface area (Å²) in [7, 11) is 0. The summed E-state index contributed by atoms with van der Waals surface area (Å²) in [5.41, 5.74) is 2.43. The van der Waals surface area contributed by atoms with Gasteiger partial charge in [-0.3, -0.25) is 9.69 Å². The highest BCUT2D eigenvalue weighted by molar-refractivity contribution is 5.22. The van der Waals surface area contributed by atoms with Crippen LogP contribution in [0.3, 0.4) is 0 Å². The monoisotopic (exact) mass is 360 g/mol. The zero-order chi connectivity index (χ0) is 17.8. The van der Waals surface area contributed by atoms with Crippen LogP contribution in [0, 0.1) is 5.92 Å². The maximum Gasteiger partial charge on any atom is 0.267 e. The number of fused-ring (bicyclic) bond motifs is 1. The molecule has 0 aromatic carbocycles. The molecule has 1 aliphatic carbocycles. The summed E-state index contributed by atoms with van der Waals surface area (Å²) in [6.45, 7) is 9.44. The molecule has 0 N–H and O–H groups in total. The predicted octanol–water partition coefficient (Wildman–Crippen LogP) is 1.17. The van der Waals surface area contributed by atoms with Crippen LogP contribution in [0.25, 0.3) is 0 Å². The van der Waals surface area contributed by atoms with Gasteiger partial charge in [-0.2, -0.15) is 5.10 Å². The number of hydrogen-bond donors (Lipinski definition) is 0. The van der Waals surface area contributed by atoms with Crippen molar-refractivity contribution in [1.29, 1.82) is 0 Å². The first-order valence-electron chi connectivity index (χ1n) is 10.4. The molecule has 0 bridgehead atoms. The van der Waals surface area contributed by atoms with E-state index in [2.05, 4.69) is 14.9 Å². The molecular weight excluding hydrogens is 328 g/mol. The average Bonchev–Trinajstić information content (AvgIpc) is 2.94. The average molecular weight is 361 g/mol. The number of rotatable bonds is 5. The summed E-state index contributed by atoms with van der Waals surface area (Å²) in [6.07, 6.45) is 6.72. The van der Waals surface area contributed by atoms with E-state index in [-0.39, 0.29) is 5.56 Å². The molecule has 0 saturated carbocycles. The fraction of sp³-hybridized carbons (Fsp3) is 0.800. The fourth-order valence-corrected chi connectivity index (χ4v) is 4.51. The third kappa shape index (κ3) is 4.53. The highest BCUT2D eigenvalue weighted by Gasteiger charge is 2.22. The van der Waals surface area contributed by atoms with E-state index >= 15 is 0 Å². The Hall–Kier alpha value is -1.24. The van der Waals surface area contributed by atoms with Gasteiger partial charge >= 0.3 is 0 Å². The Morgan fingerprint density at radius 1 is 1.00 bits per heavy atom. The van der Waals surface area contributed by atoms with Gasteiger partial charge in [0.15, 0.2) is 0 Å². The molecule has 0 spiro atoms.